The summed E-state index contributed by atoms with van der Waals surface area (Å²) >= 11 is 0. The Hall–Kier alpha value is -3.25. The molecule has 2 aromatic carbocycles. The first-order valence-corrected chi connectivity index (χ1v) is 11.9. The van der Waals surface area contributed by atoms with Crippen LogP contribution >= 0.6 is 0 Å². The summed E-state index contributed by atoms with van der Waals surface area (Å²) in [5.41, 5.74) is 1.98. The third kappa shape index (κ3) is 4.76. The van der Waals surface area contributed by atoms with Gasteiger partial charge in [0.2, 0.25) is 5.91 Å². The van der Waals surface area contributed by atoms with Crippen LogP contribution in [0.3, 0.4) is 0 Å². The van der Waals surface area contributed by atoms with Crippen LogP contribution in [0.1, 0.15) is 28.8 Å². The number of aromatic nitrogens is 1. The topological polar surface area (TPSA) is 56.8 Å². The highest BCUT2D eigenvalue weighted by Gasteiger charge is 2.33. The first-order chi connectivity index (χ1) is 16.2. The summed E-state index contributed by atoms with van der Waals surface area (Å²) in [6, 6.07) is 17.9. The van der Waals surface area contributed by atoms with Crippen LogP contribution in [-0.4, -0.2) is 70.8 Å². The highest BCUT2D eigenvalue weighted by atomic mass is 16.2. The van der Waals surface area contributed by atoms with Crippen LogP contribution in [0.2, 0.25) is 0 Å². The van der Waals surface area contributed by atoms with Crippen molar-refractivity contribution in [1.29, 1.82) is 0 Å². The van der Waals surface area contributed by atoms with E-state index in [0.717, 1.165) is 61.9 Å². The molecule has 0 saturated carbocycles. The number of carbonyl (C=O) groups excluding carboxylic acids is 2. The van der Waals surface area contributed by atoms with Gasteiger partial charge in [0.25, 0.3) is 5.91 Å². The van der Waals surface area contributed by atoms with E-state index in [1.54, 1.807) is 0 Å². The molecule has 1 atom stereocenters. The Kier molecular flexibility index (Phi) is 6.35. The number of amides is 2. The van der Waals surface area contributed by atoms with Crippen molar-refractivity contribution in [1.82, 2.24) is 19.7 Å². The van der Waals surface area contributed by atoms with Crippen molar-refractivity contribution in [3.8, 4) is 0 Å². The molecule has 0 radical (unpaired) electrons. The van der Waals surface area contributed by atoms with Crippen molar-refractivity contribution in [2.75, 3.05) is 39.3 Å². The van der Waals surface area contributed by atoms with E-state index in [1.165, 1.54) is 5.56 Å². The van der Waals surface area contributed by atoms with E-state index in [4.69, 9.17) is 0 Å². The lowest BCUT2D eigenvalue weighted by atomic mass is 9.95. The second kappa shape index (κ2) is 9.71. The van der Waals surface area contributed by atoms with Crippen LogP contribution in [0.4, 0.5) is 0 Å². The maximum atomic E-state index is 13.4. The van der Waals surface area contributed by atoms with E-state index >= 15 is 0 Å². The average molecular weight is 443 g/mol. The second-order valence-corrected chi connectivity index (χ2v) is 9.07. The van der Waals surface area contributed by atoms with Gasteiger partial charge in [-0.1, -0.05) is 36.4 Å². The van der Waals surface area contributed by atoms with E-state index in [0.29, 0.717) is 13.1 Å². The number of benzene rings is 2. The minimum atomic E-state index is -0.107. The van der Waals surface area contributed by atoms with Gasteiger partial charge in [0.1, 0.15) is 0 Å². The third-order valence-corrected chi connectivity index (χ3v) is 6.92. The zero-order valence-electron chi connectivity index (χ0n) is 18.9. The summed E-state index contributed by atoms with van der Waals surface area (Å²) in [4.78, 5) is 37.0. The van der Waals surface area contributed by atoms with E-state index < -0.39 is 0 Å². The van der Waals surface area contributed by atoms with Gasteiger partial charge in [-0.15, -0.1) is 0 Å². The highest BCUT2D eigenvalue weighted by Crippen LogP contribution is 2.25. The van der Waals surface area contributed by atoms with Gasteiger partial charge in [-0.2, -0.15) is 0 Å². The quantitative estimate of drug-likeness (QED) is 0.621. The van der Waals surface area contributed by atoms with Crippen molar-refractivity contribution in [3.63, 3.8) is 0 Å². The Balaban J connectivity index is 1.20. The lowest BCUT2D eigenvalue weighted by Crippen LogP contribution is -2.52. The number of likely N-dealkylation sites (tertiary alicyclic amines) is 1. The van der Waals surface area contributed by atoms with E-state index in [2.05, 4.69) is 9.88 Å². The van der Waals surface area contributed by atoms with E-state index in [-0.39, 0.29) is 17.7 Å². The zero-order chi connectivity index (χ0) is 22.6. The molecule has 33 heavy (non-hydrogen) atoms. The molecule has 6 heteroatoms. The number of hydrogen-bond donors (Lipinski definition) is 0. The molecule has 0 aliphatic carbocycles. The Morgan fingerprint density at radius 1 is 0.848 bits per heavy atom. The first kappa shape index (κ1) is 21.6. The van der Waals surface area contributed by atoms with E-state index in [9.17, 15) is 9.59 Å². The molecular weight excluding hydrogens is 412 g/mol. The summed E-state index contributed by atoms with van der Waals surface area (Å²) in [6.45, 7) is 5.36. The monoisotopic (exact) mass is 442 g/mol. The van der Waals surface area contributed by atoms with Gasteiger partial charge in [0, 0.05) is 63.8 Å². The fraction of sp³-hybridized carbons (Fsp3) is 0.370. The van der Waals surface area contributed by atoms with Gasteiger partial charge in [0.15, 0.2) is 0 Å². The third-order valence-electron chi connectivity index (χ3n) is 6.92. The summed E-state index contributed by atoms with van der Waals surface area (Å²) < 4.78 is 0. The van der Waals surface area contributed by atoms with Gasteiger partial charge in [0.05, 0.1) is 5.92 Å². The number of nitrogens with zero attached hydrogens (tertiary/aromatic N) is 4. The number of piperidine rings is 1. The van der Waals surface area contributed by atoms with Crippen LogP contribution < -0.4 is 0 Å². The predicted molar refractivity (Wildman–Crippen MR) is 129 cm³/mol. The lowest BCUT2D eigenvalue weighted by molar-refractivity contribution is -0.138. The minimum absolute atomic E-state index is 0.0338. The maximum Gasteiger partial charge on any atom is 0.254 e. The molecule has 0 N–H and O–H groups in total. The standard InChI is InChI=1S/C27H30N4O2/c32-26(30-17-15-29(16-18-30)19-21-10-12-28-13-11-21)23-7-4-14-31(20-23)27(33)25-9-3-6-22-5-1-2-8-24(22)25/h1-3,5-6,8-13,23H,4,7,14-20H2. The fourth-order valence-corrected chi connectivity index (χ4v) is 5.08. The Morgan fingerprint density at radius 2 is 1.61 bits per heavy atom. The van der Waals surface area contributed by atoms with Crippen LogP contribution in [0.25, 0.3) is 10.8 Å². The molecule has 5 rings (SSSR count). The number of pyridine rings is 1. The minimum Gasteiger partial charge on any atom is -0.340 e. The molecule has 2 amide bonds. The summed E-state index contributed by atoms with van der Waals surface area (Å²) in [5, 5.41) is 2.04. The van der Waals surface area contributed by atoms with E-state index in [1.807, 2.05) is 76.8 Å². The largest absolute Gasteiger partial charge is 0.340 e. The van der Waals surface area contributed by atoms with Crippen molar-refractivity contribution in [2.24, 2.45) is 5.92 Å². The summed E-state index contributed by atoms with van der Waals surface area (Å²) in [7, 11) is 0. The average Bonchev–Trinajstić information content (AvgIpc) is 2.88. The summed E-state index contributed by atoms with van der Waals surface area (Å²) in [5.74, 6) is 0.130. The van der Waals surface area contributed by atoms with Crippen LogP contribution in [0, 0.1) is 5.92 Å². The predicted octanol–water partition coefficient (Wildman–Crippen LogP) is 3.43. The molecule has 3 heterocycles. The number of carbonyl (C=O) groups is 2. The summed E-state index contributed by atoms with van der Waals surface area (Å²) in [6.07, 6.45) is 5.37. The van der Waals surface area contributed by atoms with Crippen molar-refractivity contribution >= 4 is 22.6 Å². The molecule has 170 valence electrons. The van der Waals surface area contributed by atoms with Gasteiger partial charge >= 0.3 is 0 Å². The molecule has 3 aromatic rings. The molecule has 6 nitrogen and oxygen atoms in total. The van der Waals surface area contributed by atoms with Crippen molar-refractivity contribution in [3.05, 3.63) is 78.1 Å². The number of piperazine rings is 1. The zero-order valence-corrected chi connectivity index (χ0v) is 18.9. The molecule has 2 aliphatic heterocycles. The van der Waals surface area contributed by atoms with Crippen LogP contribution in [0.15, 0.2) is 67.0 Å². The van der Waals surface area contributed by atoms with Gasteiger partial charge in [-0.3, -0.25) is 19.5 Å². The molecule has 2 saturated heterocycles. The smallest absolute Gasteiger partial charge is 0.254 e. The molecule has 0 bridgehead atoms. The maximum absolute atomic E-state index is 13.4. The number of rotatable bonds is 4. The number of hydrogen-bond acceptors (Lipinski definition) is 4. The van der Waals surface area contributed by atoms with Crippen molar-refractivity contribution < 1.29 is 9.59 Å². The second-order valence-electron chi connectivity index (χ2n) is 9.07. The Labute approximate surface area is 194 Å². The lowest BCUT2D eigenvalue weighted by Gasteiger charge is -2.39. The van der Waals surface area contributed by atoms with Crippen LogP contribution in [-0.2, 0) is 11.3 Å². The Bertz CT molecular complexity index is 1120. The molecule has 1 unspecified atom stereocenters. The molecule has 1 aromatic heterocycles. The fourth-order valence-electron chi connectivity index (χ4n) is 5.08. The van der Waals surface area contributed by atoms with Gasteiger partial charge in [-0.05, 0) is 47.4 Å². The first-order valence-electron chi connectivity index (χ1n) is 11.9. The molecule has 2 aliphatic rings. The SMILES string of the molecule is O=C(c1cccc2ccccc12)N1CCCC(C(=O)N2CCN(Cc3ccncc3)CC2)C1. The normalized spacial score (nSPS) is 19.6. The molecule has 0 spiro atoms. The number of fused-ring (bicyclic) bond motifs is 1. The van der Waals surface area contributed by atoms with Gasteiger partial charge in [-0.25, -0.2) is 0 Å². The van der Waals surface area contributed by atoms with Crippen molar-refractivity contribution in [2.45, 2.75) is 19.4 Å². The van der Waals surface area contributed by atoms with Gasteiger partial charge < -0.3 is 9.80 Å². The Morgan fingerprint density at radius 3 is 2.42 bits per heavy atom. The molecule has 2 fully saturated rings. The highest BCUT2D eigenvalue weighted by molar-refractivity contribution is 6.07. The van der Waals surface area contributed by atoms with Crippen LogP contribution in [0.5, 0.6) is 0 Å². The molecular formula is C27H30N4O2.